The molecule has 0 amide bonds. The van der Waals surface area contributed by atoms with E-state index in [-0.39, 0.29) is 5.56 Å². The Morgan fingerprint density at radius 3 is 2.79 bits per heavy atom. The molecule has 0 saturated carbocycles. The number of aromatic nitrogens is 2. The molecule has 0 aliphatic carbocycles. The van der Waals surface area contributed by atoms with Crippen molar-refractivity contribution < 1.29 is 0 Å². The molecular weight excluding hydrogens is 320 g/mol. The van der Waals surface area contributed by atoms with Gasteiger partial charge in [0.1, 0.15) is 0 Å². The Labute approximate surface area is 145 Å². The van der Waals surface area contributed by atoms with E-state index in [0.29, 0.717) is 12.1 Å². The average molecular weight is 338 g/mol. The van der Waals surface area contributed by atoms with Gasteiger partial charge in [-0.2, -0.15) is 0 Å². The van der Waals surface area contributed by atoms with E-state index in [1.165, 1.54) is 5.49 Å². The molecule has 3 aromatic rings. The van der Waals surface area contributed by atoms with E-state index in [2.05, 4.69) is 10.3 Å². The van der Waals surface area contributed by atoms with Crippen LogP contribution in [0.5, 0.6) is 0 Å². The second kappa shape index (κ2) is 6.51. The highest BCUT2D eigenvalue weighted by Crippen LogP contribution is 2.27. The molecule has 6 heteroatoms. The first kappa shape index (κ1) is 16.3. The quantitative estimate of drug-likeness (QED) is 0.716. The topological polar surface area (TPSA) is 72.9 Å². The maximum atomic E-state index is 12.9. The number of hydrogen-bond acceptors (Lipinski definition) is 4. The van der Waals surface area contributed by atoms with Gasteiger partial charge in [-0.25, -0.2) is 0 Å². The van der Waals surface area contributed by atoms with Crippen molar-refractivity contribution in [3.8, 4) is 11.1 Å². The zero-order valence-corrected chi connectivity index (χ0v) is 14.4. The molecule has 3 rings (SSSR count). The van der Waals surface area contributed by atoms with E-state index in [9.17, 15) is 4.79 Å². The molecule has 0 atom stereocenters. The standard InChI is InChI=1S/C18H18N4OS/c1-11-5-17-13(9-20-11)6-16(18(23)22(17)2)15-7-14(21-10-24)4-3-12(15)8-19/h3-7,9-10H,8,19H2,1-2H3,(H,21,24). The Kier molecular flexibility index (Phi) is 4.42. The summed E-state index contributed by atoms with van der Waals surface area (Å²) in [4.78, 5) is 17.2. The summed E-state index contributed by atoms with van der Waals surface area (Å²) in [5.41, 5.74) is 12.1. The number of aryl methyl sites for hydroxylation is 2. The van der Waals surface area contributed by atoms with Gasteiger partial charge in [-0.3, -0.25) is 9.78 Å². The predicted octanol–water partition coefficient (Wildman–Crippen LogP) is 2.74. The maximum Gasteiger partial charge on any atom is 0.258 e. The van der Waals surface area contributed by atoms with E-state index in [1.807, 2.05) is 37.3 Å². The number of nitrogens with zero attached hydrogens (tertiary/aromatic N) is 2. The first-order valence-corrected chi connectivity index (χ1v) is 8.02. The van der Waals surface area contributed by atoms with Gasteiger partial charge >= 0.3 is 0 Å². The third-order valence-electron chi connectivity index (χ3n) is 4.09. The molecule has 0 unspecified atom stereocenters. The Balaban J connectivity index is 2.31. The molecule has 0 saturated heterocycles. The number of nitrogens with two attached hydrogens (primary N) is 1. The number of nitrogens with one attached hydrogen (secondary N) is 1. The predicted molar refractivity (Wildman–Crippen MR) is 102 cm³/mol. The second-order valence-corrected chi connectivity index (χ2v) is 5.88. The van der Waals surface area contributed by atoms with Crippen molar-refractivity contribution in [1.29, 1.82) is 0 Å². The minimum absolute atomic E-state index is 0.0673. The summed E-state index contributed by atoms with van der Waals surface area (Å²) in [6.45, 7) is 2.26. The lowest BCUT2D eigenvalue weighted by molar-refractivity contribution is 0.904. The largest absolute Gasteiger partial charge is 0.353 e. The highest BCUT2D eigenvalue weighted by atomic mass is 32.1. The van der Waals surface area contributed by atoms with E-state index in [0.717, 1.165) is 33.4 Å². The fourth-order valence-corrected chi connectivity index (χ4v) is 2.96. The molecular formula is C18H18N4OS. The molecule has 1 aromatic carbocycles. The molecule has 0 aliphatic rings. The van der Waals surface area contributed by atoms with Gasteiger partial charge in [-0.15, -0.1) is 0 Å². The fourth-order valence-electron chi connectivity index (χ4n) is 2.82. The van der Waals surface area contributed by atoms with Crippen LogP contribution < -0.4 is 16.6 Å². The van der Waals surface area contributed by atoms with Gasteiger partial charge in [0.2, 0.25) is 0 Å². The van der Waals surface area contributed by atoms with Crippen LogP contribution >= 0.6 is 12.2 Å². The Morgan fingerprint density at radius 1 is 1.29 bits per heavy atom. The Bertz CT molecular complexity index is 994. The van der Waals surface area contributed by atoms with Crippen molar-refractivity contribution in [2.24, 2.45) is 12.8 Å². The second-order valence-electron chi connectivity index (χ2n) is 5.64. The van der Waals surface area contributed by atoms with Crippen LogP contribution in [-0.4, -0.2) is 15.0 Å². The molecule has 0 bridgehead atoms. The number of benzene rings is 1. The van der Waals surface area contributed by atoms with Gasteiger partial charge in [-0.1, -0.05) is 18.3 Å². The minimum atomic E-state index is -0.0673. The monoisotopic (exact) mass is 338 g/mol. The number of pyridine rings is 2. The maximum absolute atomic E-state index is 12.9. The zero-order valence-electron chi connectivity index (χ0n) is 13.5. The first-order chi connectivity index (χ1) is 11.5. The lowest BCUT2D eigenvalue weighted by Crippen LogP contribution is -2.20. The van der Waals surface area contributed by atoms with E-state index in [1.54, 1.807) is 17.8 Å². The van der Waals surface area contributed by atoms with E-state index < -0.39 is 0 Å². The van der Waals surface area contributed by atoms with Crippen LogP contribution in [0.2, 0.25) is 0 Å². The van der Waals surface area contributed by atoms with E-state index >= 15 is 0 Å². The number of rotatable bonds is 4. The lowest BCUT2D eigenvalue weighted by atomic mass is 9.98. The van der Waals surface area contributed by atoms with Crippen LogP contribution in [0.1, 0.15) is 11.3 Å². The highest BCUT2D eigenvalue weighted by molar-refractivity contribution is 7.79. The highest BCUT2D eigenvalue weighted by Gasteiger charge is 2.13. The molecule has 0 fully saturated rings. The van der Waals surface area contributed by atoms with Crippen LogP contribution in [-0.2, 0) is 13.6 Å². The summed E-state index contributed by atoms with van der Waals surface area (Å²) in [6.07, 6.45) is 1.79. The SMILES string of the molecule is Cc1cc2c(cn1)cc(-c1cc(NC=S)ccc1CN)c(=O)n2C. The van der Waals surface area contributed by atoms with Gasteiger partial charge in [0.25, 0.3) is 5.56 Å². The van der Waals surface area contributed by atoms with Crippen LogP contribution in [0.25, 0.3) is 22.0 Å². The summed E-state index contributed by atoms with van der Waals surface area (Å²) < 4.78 is 1.65. The third-order valence-corrected chi connectivity index (χ3v) is 4.21. The molecule has 122 valence electrons. The fraction of sp³-hybridized carbons (Fsp3) is 0.167. The molecule has 0 aliphatic heterocycles. The average Bonchev–Trinajstić information content (AvgIpc) is 2.59. The minimum Gasteiger partial charge on any atom is -0.353 e. The van der Waals surface area contributed by atoms with Gasteiger partial charge in [-0.05, 0) is 42.3 Å². The smallest absolute Gasteiger partial charge is 0.258 e. The molecule has 2 aromatic heterocycles. The van der Waals surface area contributed by atoms with Crippen molar-refractivity contribution in [3.05, 3.63) is 58.1 Å². The van der Waals surface area contributed by atoms with Crippen molar-refractivity contribution >= 4 is 34.3 Å². The first-order valence-electron chi connectivity index (χ1n) is 7.55. The van der Waals surface area contributed by atoms with Gasteiger partial charge in [0.15, 0.2) is 0 Å². The molecule has 3 N–H and O–H groups in total. The lowest BCUT2D eigenvalue weighted by Gasteiger charge is -2.13. The van der Waals surface area contributed by atoms with Gasteiger partial charge in [0.05, 0.1) is 11.0 Å². The molecule has 0 radical (unpaired) electrons. The number of anilines is 1. The Morgan fingerprint density at radius 2 is 2.08 bits per heavy atom. The molecule has 24 heavy (non-hydrogen) atoms. The normalized spacial score (nSPS) is 10.8. The number of thiocarbonyl (C=S) groups is 1. The van der Waals surface area contributed by atoms with Crippen molar-refractivity contribution in [2.75, 3.05) is 5.32 Å². The van der Waals surface area contributed by atoms with Crippen LogP contribution in [0.15, 0.2) is 41.3 Å². The number of hydrogen-bond donors (Lipinski definition) is 2. The zero-order chi connectivity index (χ0) is 17.3. The Hall–Kier alpha value is -2.57. The van der Waals surface area contributed by atoms with Gasteiger partial charge < -0.3 is 15.6 Å². The molecule has 5 nitrogen and oxygen atoms in total. The summed E-state index contributed by atoms with van der Waals surface area (Å²) in [7, 11) is 1.77. The van der Waals surface area contributed by atoms with Crippen LogP contribution in [0, 0.1) is 6.92 Å². The van der Waals surface area contributed by atoms with Gasteiger partial charge in [0, 0.05) is 42.1 Å². The van der Waals surface area contributed by atoms with Crippen LogP contribution in [0.3, 0.4) is 0 Å². The third kappa shape index (κ3) is 2.81. The number of fused-ring (bicyclic) bond motifs is 1. The summed E-state index contributed by atoms with van der Waals surface area (Å²) in [5.74, 6) is 0. The molecule has 0 spiro atoms. The van der Waals surface area contributed by atoms with Crippen molar-refractivity contribution in [3.63, 3.8) is 0 Å². The van der Waals surface area contributed by atoms with Crippen molar-refractivity contribution in [1.82, 2.24) is 9.55 Å². The van der Waals surface area contributed by atoms with Crippen LogP contribution in [0.4, 0.5) is 5.69 Å². The summed E-state index contributed by atoms with van der Waals surface area (Å²) >= 11 is 4.84. The van der Waals surface area contributed by atoms with E-state index in [4.69, 9.17) is 18.0 Å². The summed E-state index contributed by atoms with van der Waals surface area (Å²) in [6, 6.07) is 9.49. The summed E-state index contributed by atoms with van der Waals surface area (Å²) in [5, 5.41) is 3.89. The molecule has 2 heterocycles. The van der Waals surface area contributed by atoms with Crippen molar-refractivity contribution in [2.45, 2.75) is 13.5 Å².